The summed E-state index contributed by atoms with van der Waals surface area (Å²) in [7, 11) is 2.12. The third-order valence-electron chi connectivity index (χ3n) is 5.62. The predicted molar refractivity (Wildman–Crippen MR) is 82.6 cm³/mol. The quantitative estimate of drug-likeness (QED) is 0.818. The zero-order chi connectivity index (χ0) is 15.7. The van der Waals surface area contributed by atoms with Gasteiger partial charge in [-0.05, 0) is 38.6 Å². The molecule has 2 heterocycles. The number of carboxylic acid groups (broad SMARTS) is 1. The SMILES string of the molecule is CN1CCN(CC(=O)O)C[C@]12CCC(=O)N(CC1CC1)CC2. The normalized spacial score (nSPS) is 31.5. The molecule has 1 atom stereocenters. The number of rotatable bonds is 4. The molecule has 2 aliphatic heterocycles. The molecule has 0 aromatic rings. The topological polar surface area (TPSA) is 64.1 Å². The number of nitrogens with zero attached hydrogens (tertiary/aromatic N) is 3. The fraction of sp³-hybridized carbons (Fsp3) is 0.875. The maximum atomic E-state index is 12.4. The minimum absolute atomic E-state index is 0.0400. The molecule has 1 N–H and O–H groups in total. The standard InChI is InChI=1S/C16H27N3O3/c1-17-8-9-18(11-15(21)22)12-16(17)5-4-14(20)19(7-6-16)10-13-2-3-13/h13H,2-12H2,1H3,(H,21,22)/t16-/m1/s1. The molecule has 6 heteroatoms. The summed E-state index contributed by atoms with van der Waals surface area (Å²) in [6.07, 6.45) is 4.93. The van der Waals surface area contributed by atoms with Gasteiger partial charge >= 0.3 is 5.97 Å². The number of hydrogen-bond donors (Lipinski definition) is 1. The Kier molecular flexibility index (Phi) is 4.41. The molecule has 0 radical (unpaired) electrons. The van der Waals surface area contributed by atoms with Gasteiger partial charge in [0.15, 0.2) is 0 Å². The lowest BCUT2D eigenvalue weighted by Gasteiger charge is -2.49. The highest BCUT2D eigenvalue weighted by Crippen LogP contribution is 2.34. The molecule has 0 unspecified atom stereocenters. The predicted octanol–water partition coefficient (Wildman–Crippen LogP) is 0.480. The van der Waals surface area contributed by atoms with Crippen LogP contribution >= 0.6 is 0 Å². The second-order valence-corrected chi connectivity index (χ2v) is 7.28. The zero-order valence-electron chi connectivity index (χ0n) is 13.5. The number of carboxylic acids is 1. The summed E-state index contributed by atoms with van der Waals surface area (Å²) < 4.78 is 0. The van der Waals surface area contributed by atoms with E-state index in [-0.39, 0.29) is 18.0 Å². The first kappa shape index (κ1) is 15.7. The van der Waals surface area contributed by atoms with E-state index in [1.54, 1.807) is 0 Å². The van der Waals surface area contributed by atoms with Crippen molar-refractivity contribution in [3.63, 3.8) is 0 Å². The number of piperazine rings is 1. The molecular formula is C16H27N3O3. The van der Waals surface area contributed by atoms with Gasteiger partial charge in [0.25, 0.3) is 0 Å². The Bertz CT molecular complexity index is 452. The number of likely N-dealkylation sites (tertiary alicyclic amines) is 1. The monoisotopic (exact) mass is 309 g/mol. The third kappa shape index (κ3) is 3.43. The van der Waals surface area contributed by atoms with Crippen LogP contribution in [-0.2, 0) is 9.59 Å². The molecular weight excluding hydrogens is 282 g/mol. The van der Waals surface area contributed by atoms with E-state index in [1.165, 1.54) is 12.8 Å². The molecule has 0 aromatic carbocycles. The molecule has 6 nitrogen and oxygen atoms in total. The first-order valence-corrected chi connectivity index (χ1v) is 8.42. The molecule has 1 saturated carbocycles. The molecule has 1 aliphatic carbocycles. The second-order valence-electron chi connectivity index (χ2n) is 7.28. The lowest BCUT2D eigenvalue weighted by atomic mass is 9.86. The molecule has 3 aliphatic rings. The summed E-state index contributed by atoms with van der Waals surface area (Å²) in [5.41, 5.74) is -0.0400. The maximum Gasteiger partial charge on any atom is 0.317 e. The van der Waals surface area contributed by atoms with Crippen LogP contribution in [0.5, 0.6) is 0 Å². The molecule has 22 heavy (non-hydrogen) atoms. The highest BCUT2D eigenvalue weighted by Gasteiger charge is 2.43. The smallest absolute Gasteiger partial charge is 0.317 e. The Balaban J connectivity index is 1.67. The highest BCUT2D eigenvalue weighted by molar-refractivity contribution is 5.76. The van der Waals surface area contributed by atoms with Gasteiger partial charge in [-0.25, -0.2) is 0 Å². The van der Waals surface area contributed by atoms with Crippen molar-refractivity contribution in [1.82, 2.24) is 14.7 Å². The van der Waals surface area contributed by atoms with E-state index in [0.29, 0.717) is 6.42 Å². The minimum Gasteiger partial charge on any atom is -0.480 e. The van der Waals surface area contributed by atoms with Crippen LogP contribution in [0.2, 0.25) is 0 Å². The van der Waals surface area contributed by atoms with Crippen LogP contribution in [0.25, 0.3) is 0 Å². The van der Waals surface area contributed by atoms with E-state index in [1.807, 2.05) is 4.90 Å². The molecule has 0 bridgehead atoms. The van der Waals surface area contributed by atoms with E-state index in [0.717, 1.165) is 51.5 Å². The van der Waals surface area contributed by atoms with E-state index in [4.69, 9.17) is 5.11 Å². The number of likely N-dealkylation sites (N-methyl/N-ethyl adjacent to an activating group) is 1. The van der Waals surface area contributed by atoms with Crippen LogP contribution in [0, 0.1) is 5.92 Å². The first-order chi connectivity index (χ1) is 10.5. The van der Waals surface area contributed by atoms with Crippen LogP contribution in [0.3, 0.4) is 0 Å². The van der Waals surface area contributed by atoms with Gasteiger partial charge in [0, 0.05) is 44.7 Å². The van der Waals surface area contributed by atoms with Crippen molar-refractivity contribution in [3.8, 4) is 0 Å². The summed E-state index contributed by atoms with van der Waals surface area (Å²) in [4.78, 5) is 29.8. The fourth-order valence-corrected chi connectivity index (χ4v) is 3.91. The average molecular weight is 309 g/mol. The van der Waals surface area contributed by atoms with Crippen molar-refractivity contribution in [3.05, 3.63) is 0 Å². The Labute approximate surface area is 132 Å². The summed E-state index contributed by atoms with van der Waals surface area (Å²) in [6, 6.07) is 0. The van der Waals surface area contributed by atoms with Crippen molar-refractivity contribution in [1.29, 1.82) is 0 Å². The summed E-state index contributed by atoms with van der Waals surface area (Å²) in [5.74, 6) is 0.248. The van der Waals surface area contributed by atoms with Crippen molar-refractivity contribution in [2.45, 2.75) is 37.6 Å². The van der Waals surface area contributed by atoms with Gasteiger partial charge in [-0.15, -0.1) is 0 Å². The van der Waals surface area contributed by atoms with Crippen LogP contribution in [0.4, 0.5) is 0 Å². The van der Waals surface area contributed by atoms with Crippen molar-refractivity contribution >= 4 is 11.9 Å². The minimum atomic E-state index is -0.764. The van der Waals surface area contributed by atoms with Crippen molar-refractivity contribution in [2.75, 3.05) is 46.3 Å². The summed E-state index contributed by atoms with van der Waals surface area (Å²) >= 11 is 0. The summed E-state index contributed by atoms with van der Waals surface area (Å²) in [5, 5.41) is 9.05. The molecule has 1 spiro atoms. The molecule has 0 aromatic heterocycles. The van der Waals surface area contributed by atoms with Crippen molar-refractivity contribution in [2.24, 2.45) is 5.92 Å². The number of carbonyl (C=O) groups is 2. The van der Waals surface area contributed by atoms with Crippen LogP contribution in [-0.4, -0.2) is 83.5 Å². The fourth-order valence-electron chi connectivity index (χ4n) is 3.91. The van der Waals surface area contributed by atoms with E-state index in [9.17, 15) is 9.59 Å². The van der Waals surface area contributed by atoms with Gasteiger partial charge in [0.1, 0.15) is 0 Å². The van der Waals surface area contributed by atoms with Crippen LogP contribution in [0.15, 0.2) is 0 Å². The Morgan fingerprint density at radius 2 is 2.05 bits per heavy atom. The molecule has 3 rings (SSSR count). The van der Waals surface area contributed by atoms with Gasteiger partial charge in [-0.3, -0.25) is 19.4 Å². The number of amides is 1. The molecule has 3 fully saturated rings. The summed E-state index contributed by atoms with van der Waals surface area (Å²) in [6.45, 7) is 4.29. The van der Waals surface area contributed by atoms with Crippen molar-refractivity contribution < 1.29 is 14.7 Å². The highest BCUT2D eigenvalue weighted by atomic mass is 16.4. The lowest BCUT2D eigenvalue weighted by Crippen LogP contribution is -2.61. The largest absolute Gasteiger partial charge is 0.480 e. The van der Waals surface area contributed by atoms with Gasteiger partial charge in [-0.1, -0.05) is 0 Å². The van der Waals surface area contributed by atoms with Crippen LogP contribution < -0.4 is 0 Å². The first-order valence-electron chi connectivity index (χ1n) is 8.42. The maximum absolute atomic E-state index is 12.4. The molecule has 124 valence electrons. The second kappa shape index (κ2) is 6.16. The van der Waals surface area contributed by atoms with E-state index < -0.39 is 5.97 Å². The van der Waals surface area contributed by atoms with E-state index >= 15 is 0 Å². The molecule has 2 saturated heterocycles. The number of carbonyl (C=O) groups excluding carboxylic acids is 1. The van der Waals surface area contributed by atoms with Crippen LogP contribution in [0.1, 0.15) is 32.1 Å². The number of aliphatic carboxylic acids is 1. The average Bonchev–Trinajstić information content (AvgIpc) is 3.28. The Morgan fingerprint density at radius 3 is 2.73 bits per heavy atom. The Morgan fingerprint density at radius 1 is 1.27 bits per heavy atom. The lowest BCUT2D eigenvalue weighted by molar-refractivity contribution is -0.140. The Hall–Kier alpha value is -1.14. The van der Waals surface area contributed by atoms with Gasteiger partial charge < -0.3 is 10.0 Å². The number of hydrogen-bond acceptors (Lipinski definition) is 4. The molecule has 1 amide bonds. The van der Waals surface area contributed by atoms with Gasteiger partial charge in [0.05, 0.1) is 6.54 Å². The van der Waals surface area contributed by atoms with E-state index in [2.05, 4.69) is 16.8 Å². The zero-order valence-corrected chi connectivity index (χ0v) is 13.5. The third-order valence-corrected chi connectivity index (χ3v) is 5.62. The van der Waals surface area contributed by atoms with Gasteiger partial charge in [-0.2, -0.15) is 0 Å². The van der Waals surface area contributed by atoms with Gasteiger partial charge in [0.2, 0.25) is 5.91 Å².